The Labute approximate surface area is 125 Å². The molecule has 1 aliphatic heterocycles. The first-order valence-corrected chi connectivity index (χ1v) is 7.33. The number of rotatable bonds is 6. The number of aromatic nitrogens is 3. The molecule has 8 nitrogen and oxygen atoms in total. The van der Waals surface area contributed by atoms with Crippen molar-refractivity contribution < 1.29 is 4.74 Å². The molecular weight excluding hydrogens is 270 g/mol. The van der Waals surface area contributed by atoms with Gasteiger partial charge >= 0.3 is 0 Å². The molecule has 0 unspecified atom stereocenters. The fraction of sp³-hybridized carbons (Fsp3) is 0.769. The average Bonchev–Trinajstić information content (AvgIpc) is 2.53. The maximum absolute atomic E-state index is 5.45. The van der Waals surface area contributed by atoms with Crippen LogP contribution >= 0.6 is 0 Å². The Morgan fingerprint density at radius 2 is 1.86 bits per heavy atom. The zero-order valence-corrected chi connectivity index (χ0v) is 13.0. The lowest BCUT2D eigenvalue weighted by Gasteiger charge is -2.27. The minimum absolute atomic E-state index is 0.183. The summed E-state index contributed by atoms with van der Waals surface area (Å²) in [6.07, 6.45) is 1.07. The largest absolute Gasteiger partial charge is 0.378 e. The molecule has 21 heavy (non-hydrogen) atoms. The highest BCUT2D eigenvalue weighted by Crippen LogP contribution is 2.20. The summed E-state index contributed by atoms with van der Waals surface area (Å²) in [4.78, 5) is 15.1. The monoisotopic (exact) mass is 295 g/mol. The minimum atomic E-state index is 0.183. The molecule has 0 aliphatic carbocycles. The molecule has 0 radical (unpaired) electrons. The number of nitrogens with two attached hydrogens (primary N) is 1. The van der Waals surface area contributed by atoms with Gasteiger partial charge in [0.15, 0.2) is 0 Å². The van der Waals surface area contributed by atoms with E-state index in [0.717, 1.165) is 26.1 Å². The third kappa shape index (κ3) is 4.40. The lowest BCUT2D eigenvalue weighted by atomic mass is 9.90. The van der Waals surface area contributed by atoms with E-state index >= 15 is 0 Å². The van der Waals surface area contributed by atoms with Crippen LogP contribution in [0.5, 0.6) is 0 Å². The van der Waals surface area contributed by atoms with E-state index in [1.165, 1.54) is 0 Å². The van der Waals surface area contributed by atoms with Crippen molar-refractivity contribution in [2.24, 2.45) is 11.3 Å². The van der Waals surface area contributed by atoms with Crippen LogP contribution < -0.4 is 21.5 Å². The van der Waals surface area contributed by atoms with Gasteiger partial charge in [0, 0.05) is 19.6 Å². The molecule has 0 bridgehead atoms. The van der Waals surface area contributed by atoms with Gasteiger partial charge in [-0.3, -0.25) is 5.43 Å². The van der Waals surface area contributed by atoms with Gasteiger partial charge in [0.1, 0.15) is 0 Å². The molecule has 118 valence electrons. The van der Waals surface area contributed by atoms with E-state index in [9.17, 15) is 0 Å². The molecule has 0 aromatic carbocycles. The fourth-order valence-electron chi connectivity index (χ4n) is 1.86. The van der Waals surface area contributed by atoms with Crippen molar-refractivity contribution in [1.82, 2.24) is 15.0 Å². The predicted octanol–water partition coefficient (Wildman–Crippen LogP) is 0.842. The first-order chi connectivity index (χ1) is 10.0. The number of hydrogen-bond acceptors (Lipinski definition) is 8. The fourth-order valence-corrected chi connectivity index (χ4v) is 1.86. The summed E-state index contributed by atoms with van der Waals surface area (Å²) in [6.45, 7) is 10.3. The Bertz CT molecular complexity index is 460. The molecule has 2 heterocycles. The Hall–Kier alpha value is -1.67. The highest BCUT2D eigenvalue weighted by Gasteiger charge is 2.18. The van der Waals surface area contributed by atoms with Gasteiger partial charge in [-0.05, 0) is 11.8 Å². The first-order valence-electron chi connectivity index (χ1n) is 7.33. The van der Waals surface area contributed by atoms with E-state index < -0.39 is 0 Å². The van der Waals surface area contributed by atoms with Crippen LogP contribution in [0.1, 0.15) is 27.2 Å². The van der Waals surface area contributed by atoms with Crippen molar-refractivity contribution >= 4 is 17.8 Å². The van der Waals surface area contributed by atoms with E-state index in [4.69, 9.17) is 10.6 Å². The van der Waals surface area contributed by atoms with Crippen LogP contribution in [0, 0.1) is 5.41 Å². The molecular formula is C13H25N7O. The Balaban J connectivity index is 2.13. The molecule has 1 aromatic rings. The zero-order valence-electron chi connectivity index (χ0n) is 13.0. The van der Waals surface area contributed by atoms with Crippen molar-refractivity contribution in [3.8, 4) is 0 Å². The van der Waals surface area contributed by atoms with Crippen molar-refractivity contribution in [3.05, 3.63) is 0 Å². The molecule has 0 spiro atoms. The van der Waals surface area contributed by atoms with Gasteiger partial charge in [-0.2, -0.15) is 15.0 Å². The molecule has 1 aliphatic rings. The molecule has 1 saturated heterocycles. The van der Waals surface area contributed by atoms with Crippen molar-refractivity contribution in [1.29, 1.82) is 0 Å². The molecule has 0 atom stereocenters. The second-order valence-electron chi connectivity index (χ2n) is 5.90. The highest BCUT2D eigenvalue weighted by atomic mass is 16.5. The lowest BCUT2D eigenvalue weighted by Crippen LogP contribution is -2.37. The summed E-state index contributed by atoms with van der Waals surface area (Å²) in [7, 11) is 0. The number of nitrogen functional groups attached to an aromatic ring is 1. The normalized spacial score (nSPS) is 15.9. The predicted molar refractivity (Wildman–Crippen MR) is 83.2 cm³/mol. The van der Waals surface area contributed by atoms with E-state index in [2.05, 4.69) is 51.4 Å². The Morgan fingerprint density at radius 3 is 2.48 bits per heavy atom. The van der Waals surface area contributed by atoms with E-state index in [1.54, 1.807) is 0 Å². The topological polar surface area (TPSA) is 101 Å². The van der Waals surface area contributed by atoms with Gasteiger partial charge in [-0.15, -0.1) is 0 Å². The number of nitrogens with one attached hydrogen (secondary N) is 2. The number of nitrogens with zero attached hydrogens (tertiary/aromatic N) is 4. The SMILES string of the molecule is CCC(C)(C)CNc1nc(NN)nc(N2CCOCC2)n1. The Kier molecular flexibility index (Phi) is 5.13. The van der Waals surface area contributed by atoms with Crippen molar-refractivity contribution in [3.63, 3.8) is 0 Å². The molecule has 8 heteroatoms. The van der Waals surface area contributed by atoms with Crippen LogP contribution in [0.3, 0.4) is 0 Å². The quantitative estimate of drug-likeness (QED) is 0.524. The van der Waals surface area contributed by atoms with Gasteiger partial charge in [-0.1, -0.05) is 20.8 Å². The van der Waals surface area contributed by atoms with E-state index in [0.29, 0.717) is 31.1 Å². The third-order valence-corrected chi connectivity index (χ3v) is 3.73. The number of ether oxygens (including phenoxy) is 1. The second kappa shape index (κ2) is 6.86. The summed E-state index contributed by atoms with van der Waals surface area (Å²) in [6, 6.07) is 0. The van der Waals surface area contributed by atoms with Crippen molar-refractivity contribution in [2.75, 3.05) is 48.5 Å². The van der Waals surface area contributed by atoms with E-state index in [-0.39, 0.29) is 5.41 Å². The van der Waals surface area contributed by atoms with Crippen LogP contribution in [0.4, 0.5) is 17.8 Å². The summed E-state index contributed by atoms with van der Waals surface area (Å²) >= 11 is 0. The van der Waals surface area contributed by atoms with Crippen LogP contribution in [0.15, 0.2) is 0 Å². The van der Waals surface area contributed by atoms with Gasteiger partial charge in [-0.25, -0.2) is 5.84 Å². The smallest absolute Gasteiger partial charge is 0.243 e. The van der Waals surface area contributed by atoms with Crippen molar-refractivity contribution in [2.45, 2.75) is 27.2 Å². The number of hydrazine groups is 1. The first kappa shape index (κ1) is 15.7. The number of hydrogen-bond donors (Lipinski definition) is 3. The summed E-state index contributed by atoms with van der Waals surface area (Å²) in [5.41, 5.74) is 2.68. The minimum Gasteiger partial charge on any atom is -0.378 e. The van der Waals surface area contributed by atoms with Crippen LogP contribution in [0.25, 0.3) is 0 Å². The van der Waals surface area contributed by atoms with Gasteiger partial charge in [0.05, 0.1) is 13.2 Å². The molecule has 0 amide bonds. The van der Waals surface area contributed by atoms with Gasteiger partial charge in [0.2, 0.25) is 17.8 Å². The maximum Gasteiger partial charge on any atom is 0.243 e. The van der Waals surface area contributed by atoms with Crippen LogP contribution in [0.2, 0.25) is 0 Å². The maximum atomic E-state index is 5.45. The average molecular weight is 295 g/mol. The molecule has 1 aromatic heterocycles. The van der Waals surface area contributed by atoms with Gasteiger partial charge < -0.3 is 15.0 Å². The molecule has 4 N–H and O–H groups in total. The zero-order chi connectivity index (χ0) is 15.3. The van der Waals surface area contributed by atoms with Crippen LogP contribution in [-0.4, -0.2) is 47.8 Å². The number of morpholine rings is 1. The molecule has 2 rings (SSSR count). The summed E-state index contributed by atoms with van der Waals surface area (Å²) < 4.78 is 5.35. The standard InChI is InChI=1S/C13H25N7O/c1-4-13(2,3)9-15-10-16-11(19-14)18-12(17-10)20-5-7-21-8-6-20/h4-9,14H2,1-3H3,(H2,15,16,17,18,19). The molecule has 1 fully saturated rings. The Morgan fingerprint density at radius 1 is 1.19 bits per heavy atom. The van der Waals surface area contributed by atoms with Crippen LogP contribution in [-0.2, 0) is 4.74 Å². The van der Waals surface area contributed by atoms with Gasteiger partial charge in [0.25, 0.3) is 0 Å². The summed E-state index contributed by atoms with van der Waals surface area (Å²) in [5.74, 6) is 6.98. The molecule has 0 saturated carbocycles. The lowest BCUT2D eigenvalue weighted by molar-refractivity contribution is 0.122. The second-order valence-corrected chi connectivity index (χ2v) is 5.90. The number of anilines is 3. The highest BCUT2D eigenvalue weighted by molar-refractivity contribution is 5.43. The third-order valence-electron chi connectivity index (χ3n) is 3.73. The summed E-state index contributed by atoms with van der Waals surface area (Å²) in [5, 5.41) is 3.27. The van der Waals surface area contributed by atoms with E-state index in [1.807, 2.05) is 0 Å².